The Kier molecular flexibility index (Phi) is 7.53. The molecule has 0 spiro atoms. The van der Waals surface area contributed by atoms with Crippen LogP contribution in [0.1, 0.15) is 0 Å². The molecule has 0 saturated heterocycles. The maximum atomic E-state index is 4.04. The van der Waals surface area contributed by atoms with Gasteiger partial charge in [0.25, 0.3) is 0 Å². The molecule has 0 atom stereocenters. The molecule has 0 aliphatic carbocycles. The molecule has 0 fully saturated rings. The number of nitrogens with zero attached hydrogens (tertiary/aromatic N) is 1. The largest absolute Gasteiger partial charge is 0.354 e. The van der Waals surface area contributed by atoms with Crippen molar-refractivity contribution in [3.8, 4) is 39.1 Å². The van der Waals surface area contributed by atoms with Gasteiger partial charge in [-0.2, -0.15) is 0 Å². The summed E-state index contributed by atoms with van der Waals surface area (Å²) in [7, 11) is 0. The Morgan fingerprint density at radius 1 is 0.321 bits per heavy atom. The lowest BCUT2D eigenvalue weighted by molar-refractivity contribution is 1.19. The summed E-state index contributed by atoms with van der Waals surface area (Å²) < 4.78 is 2.48. The normalized spacial score (nSPS) is 11.6. The van der Waals surface area contributed by atoms with Crippen LogP contribution in [0, 0.1) is 0 Å². The molecule has 56 heavy (non-hydrogen) atoms. The summed E-state index contributed by atoms with van der Waals surface area (Å²) in [4.78, 5) is 0. The predicted octanol–water partition coefficient (Wildman–Crippen LogP) is 15.0. The first-order valence-electron chi connectivity index (χ1n) is 19.3. The third kappa shape index (κ3) is 5.11. The molecule has 11 aromatic rings. The molecule has 0 aliphatic heterocycles. The van der Waals surface area contributed by atoms with Gasteiger partial charge in [-0.15, -0.1) is 0 Å². The van der Waals surface area contributed by atoms with E-state index in [0.29, 0.717) is 0 Å². The average Bonchev–Trinajstić information content (AvgIpc) is 3.62. The fourth-order valence-electron chi connectivity index (χ4n) is 8.91. The first-order valence-corrected chi connectivity index (χ1v) is 19.3. The van der Waals surface area contributed by atoms with E-state index in [1.807, 2.05) is 0 Å². The minimum Gasteiger partial charge on any atom is -0.354 e. The molecule has 0 unspecified atom stereocenters. The molecule has 0 saturated carbocycles. The number of nitrogens with one attached hydrogen (secondary N) is 1. The lowest BCUT2D eigenvalue weighted by Crippen LogP contribution is -1.99. The minimum atomic E-state index is 1.05. The molecule has 11 rings (SSSR count). The van der Waals surface area contributed by atoms with E-state index >= 15 is 0 Å². The number of rotatable bonds is 6. The Morgan fingerprint density at radius 2 is 0.839 bits per heavy atom. The summed E-state index contributed by atoms with van der Waals surface area (Å²) in [5.74, 6) is 0. The van der Waals surface area contributed by atoms with Crippen LogP contribution >= 0.6 is 0 Å². The zero-order valence-electron chi connectivity index (χ0n) is 30.7. The number of hydrogen-bond donors (Lipinski definition) is 1. The molecule has 0 radical (unpaired) electrons. The van der Waals surface area contributed by atoms with Gasteiger partial charge in [0, 0.05) is 43.9 Å². The van der Waals surface area contributed by atoms with E-state index in [1.54, 1.807) is 0 Å². The van der Waals surface area contributed by atoms with Crippen molar-refractivity contribution < 1.29 is 0 Å². The van der Waals surface area contributed by atoms with Crippen LogP contribution in [-0.2, 0) is 0 Å². The highest BCUT2D eigenvalue weighted by Gasteiger charge is 2.25. The molecule has 10 aromatic carbocycles. The van der Waals surface area contributed by atoms with Gasteiger partial charge < -0.3 is 9.88 Å². The highest BCUT2D eigenvalue weighted by Crippen LogP contribution is 2.52. The lowest BCUT2D eigenvalue weighted by atomic mass is 9.85. The van der Waals surface area contributed by atoms with Crippen LogP contribution in [0.5, 0.6) is 0 Å². The SMILES string of the molecule is c1ccc(Nc2c(-c3cccc(-c4ccccc4)c3)c3ccccc3c3c2c2ccccc2c2c3c3cc(-c4ccccc4)ccc3n2-c2ccccc2)cc1. The quantitative estimate of drug-likeness (QED) is 0.170. The minimum absolute atomic E-state index is 1.05. The van der Waals surface area contributed by atoms with Crippen LogP contribution in [-0.4, -0.2) is 4.57 Å². The van der Waals surface area contributed by atoms with Crippen molar-refractivity contribution >= 4 is 65.5 Å². The number of anilines is 2. The Labute approximate surface area is 325 Å². The average molecular weight is 713 g/mol. The molecule has 262 valence electrons. The van der Waals surface area contributed by atoms with E-state index in [9.17, 15) is 0 Å². The van der Waals surface area contributed by atoms with Crippen LogP contribution < -0.4 is 5.32 Å². The Bertz CT molecular complexity index is 3240. The summed E-state index contributed by atoms with van der Waals surface area (Å²) >= 11 is 0. The molecule has 1 aromatic heterocycles. The van der Waals surface area contributed by atoms with Crippen molar-refractivity contribution in [2.24, 2.45) is 0 Å². The molecule has 2 heteroatoms. The summed E-state index contributed by atoms with van der Waals surface area (Å²) in [5.41, 5.74) is 12.9. The van der Waals surface area contributed by atoms with E-state index < -0.39 is 0 Å². The zero-order chi connectivity index (χ0) is 37.0. The van der Waals surface area contributed by atoms with E-state index in [4.69, 9.17) is 0 Å². The van der Waals surface area contributed by atoms with Crippen LogP contribution in [0.15, 0.2) is 212 Å². The number of benzene rings is 10. The third-order valence-electron chi connectivity index (χ3n) is 11.3. The Morgan fingerprint density at radius 3 is 1.52 bits per heavy atom. The van der Waals surface area contributed by atoms with Gasteiger partial charge in [-0.25, -0.2) is 0 Å². The van der Waals surface area contributed by atoms with E-state index in [2.05, 4.69) is 222 Å². The van der Waals surface area contributed by atoms with Crippen molar-refractivity contribution in [2.45, 2.75) is 0 Å². The number of fused-ring (bicyclic) bond motifs is 10. The second kappa shape index (κ2) is 13.2. The number of hydrogen-bond acceptors (Lipinski definition) is 1. The van der Waals surface area contributed by atoms with Crippen molar-refractivity contribution in [1.82, 2.24) is 4.57 Å². The van der Waals surface area contributed by atoms with Gasteiger partial charge in [-0.05, 0) is 86.4 Å². The second-order valence-electron chi connectivity index (χ2n) is 14.5. The zero-order valence-corrected chi connectivity index (χ0v) is 30.7. The topological polar surface area (TPSA) is 17.0 Å². The second-order valence-corrected chi connectivity index (χ2v) is 14.5. The molecule has 2 nitrogen and oxygen atoms in total. The van der Waals surface area contributed by atoms with Crippen LogP contribution in [0.25, 0.3) is 93.2 Å². The number of para-hydroxylation sites is 2. The fraction of sp³-hybridized carbons (Fsp3) is 0. The smallest absolute Gasteiger partial charge is 0.0626 e. The van der Waals surface area contributed by atoms with Crippen molar-refractivity contribution in [2.75, 3.05) is 5.32 Å². The Hall–Kier alpha value is -7.42. The van der Waals surface area contributed by atoms with Crippen LogP contribution in [0.4, 0.5) is 11.4 Å². The highest BCUT2D eigenvalue weighted by atomic mass is 15.0. The first kappa shape index (κ1) is 32.0. The molecule has 1 N–H and O–H groups in total. The third-order valence-corrected chi connectivity index (χ3v) is 11.3. The van der Waals surface area contributed by atoms with Gasteiger partial charge in [0.05, 0.1) is 16.7 Å². The molecule has 0 amide bonds. The fourth-order valence-corrected chi connectivity index (χ4v) is 8.91. The predicted molar refractivity (Wildman–Crippen MR) is 239 cm³/mol. The summed E-state index contributed by atoms with van der Waals surface area (Å²) in [6, 6.07) is 77.0. The molecule has 0 aliphatic rings. The molecule has 1 heterocycles. The van der Waals surface area contributed by atoms with Gasteiger partial charge in [0.2, 0.25) is 0 Å². The van der Waals surface area contributed by atoms with Crippen molar-refractivity contribution in [3.05, 3.63) is 212 Å². The maximum Gasteiger partial charge on any atom is 0.0626 e. The number of aromatic nitrogens is 1. The van der Waals surface area contributed by atoms with Gasteiger partial charge in [0.15, 0.2) is 0 Å². The molecular weight excluding hydrogens is 677 g/mol. The standard InChI is InChI=1S/C54H36N2/c1-5-18-36(19-6-1)38-22-17-23-40(34-38)49-43-28-13-14-29-44(43)50-51(53(49)55-41-24-9-3-10-25-41)45-30-15-16-31-46(45)54-52(50)47-35-39(37-20-7-2-8-21-37)32-33-48(47)56(54)42-26-11-4-12-27-42/h1-35,55H. The summed E-state index contributed by atoms with van der Waals surface area (Å²) in [6.45, 7) is 0. The monoisotopic (exact) mass is 712 g/mol. The van der Waals surface area contributed by atoms with Gasteiger partial charge in [0.1, 0.15) is 0 Å². The summed E-state index contributed by atoms with van der Waals surface area (Å²) in [6.07, 6.45) is 0. The van der Waals surface area contributed by atoms with E-state index in [0.717, 1.165) is 17.1 Å². The van der Waals surface area contributed by atoms with Crippen molar-refractivity contribution in [1.29, 1.82) is 0 Å². The van der Waals surface area contributed by atoms with Gasteiger partial charge >= 0.3 is 0 Å². The summed E-state index contributed by atoms with van der Waals surface area (Å²) in [5, 5.41) is 13.9. The Balaban J connectivity index is 1.38. The van der Waals surface area contributed by atoms with Gasteiger partial charge in [-0.1, -0.05) is 170 Å². The van der Waals surface area contributed by atoms with Crippen LogP contribution in [0.2, 0.25) is 0 Å². The van der Waals surface area contributed by atoms with Gasteiger partial charge in [-0.3, -0.25) is 0 Å². The molecular formula is C54H36N2. The van der Waals surface area contributed by atoms with Crippen molar-refractivity contribution in [3.63, 3.8) is 0 Å². The lowest BCUT2D eigenvalue weighted by Gasteiger charge is -2.22. The van der Waals surface area contributed by atoms with E-state index in [-0.39, 0.29) is 0 Å². The maximum absolute atomic E-state index is 4.04. The highest BCUT2D eigenvalue weighted by molar-refractivity contribution is 6.41. The van der Waals surface area contributed by atoms with Crippen LogP contribution in [0.3, 0.4) is 0 Å². The first-order chi connectivity index (χ1) is 27.8. The van der Waals surface area contributed by atoms with E-state index in [1.165, 1.54) is 87.5 Å². The molecule has 0 bridgehead atoms.